The molecule has 110 valence electrons. The molecule has 5 heteroatoms. The van der Waals surface area contributed by atoms with Crippen LogP contribution in [0.2, 0.25) is 0 Å². The second-order valence-corrected chi connectivity index (χ2v) is 4.80. The summed E-state index contributed by atoms with van der Waals surface area (Å²) in [7, 11) is 1.39. The molecule has 0 aliphatic heterocycles. The van der Waals surface area contributed by atoms with Gasteiger partial charge in [-0.05, 0) is 37.1 Å². The minimum absolute atomic E-state index is 0.158. The molecule has 0 saturated carbocycles. The minimum atomic E-state index is -0.921. The van der Waals surface area contributed by atoms with E-state index >= 15 is 0 Å². The fraction of sp³-hybridized carbons (Fsp3) is 0.400. The number of hydrogen-bond acceptors (Lipinski definition) is 3. The Balaban J connectivity index is 2.59. The first-order valence-electron chi connectivity index (χ1n) is 6.40. The Morgan fingerprint density at radius 2 is 2.25 bits per heavy atom. The lowest BCUT2D eigenvalue weighted by Crippen LogP contribution is -2.39. The van der Waals surface area contributed by atoms with E-state index in [4.69, 9.17) is 4.74 Å². The molecule has 1 amide bonds. The van der Waals surface area contributed by atoms with Gasteiger partial charge in [-0.15, -0.1) is 0 Å². The monoisotopic (exact) mass is 281 g/mol. The molecule has 4 nitrogen and oxygen atoms in total. The maximum Gasteiger partial charge on any atom is 0.244 e. The van der Waals surface area contributed by atoms with Gasteiger partial charge in [-0.1, -0.05) is 13.0 Å². The number of carbonyl (C=O) groups is 1. The van der Waals surface area contributed by atoms with Gasteiger partial charge in [0.25, 0.3) is 0 Å². The summed E-state index contributed by atoms with van der Waals surface area (Å²) < 4.78 is 18.2. The Morgan fingerprint density at radius 1 is 1.55 bits per heavy atom. The van der Waals surface area contributed by atoms with E-state index in [0.29, 0.717) is 12.0 Å². The molecular weight excluding hydrogens is 261 g/mol. The van der Waals surface area contributed by atoms with Crippen molar-refractivity contribution in [2.45, 2.75) is 25.9 Å². The van der Waals surface area contributed by atoms with Crippen LogP contribution in [0, 0.1) is 5.82 Å². The summed E-state index contributed by atoms with van der Waals surface area (Å²) in [4.78, 5) is 11.6. The topological polar surface area (TPSA) is 58.6 Å². The quantitative estimate of drug-likeness (QED) is 0.785. The molecule has 1 aromatic rings. The molecule has 1 aromatic carbocycles. The zero-order valence-corrected chi connectivity index (χ0v) is 11.9. The zero-order chi connectivity index (χ0) is 15.2. The fourth-order valence-electron chi connectivity index (χ4n) is 1.42. The molecule has 0 spiro atoms. The average Bonchev–Trinajstić information content (AvgIpc) is 2.43. The Morgan fingerprint density at radius 3 is 2.80 bits per heavy atom. The third kappa shape index (κ3) is 5.01. The predicted octanol–water partition coefficient (Wildman–Crippen LogP) is 2.12. The highest BCUT2D eigenvalue weighted by atomic mass is 19.1. The summed E-state index contributed by atoms with van der Waals surface area (Å²) in [6.07, 6.45) is 3.34. The van der Waals surface area contributed by atoms with Gasteiger partial charge in [-0.25, -0.2) is 4.39 Å². The number of ether oxygens (including phenoxy) is 1. The molecule has 1 rings (SSSR count). The highest BCUT2D eigenvalue weighted by molar-refractivity contribution is 5.91. The van der Waals surface area contributed by atoms with E-state index in [-0.39, 0.29) is 18.2 Å². The first-order valence-corrected chi connectivity index (χ1v) is 6.40. The molecular formula is C15H20FNO3. The molecule has 0 radical (unpaired) electrons. The van der Waals surface area contributed by atoms with Crippen LogP contribution >= 0.6 is 0 Å². The summed E-state index contributed by atoms with van der Waals surface area (Å²) in [5.41, 5.74) is -0.365. The van der Waals surface area contributed by atoms with Gasteiger partial charge in [0.05, 0.1) is 12.7 Å². The fourth-order valence-corrected chi connectivity index (χ4v) is 1.42. The van der Waals surface area contributed by atoms with Crippen LogP contribution in [0.1, 0.15) is 25.8 Å². The van der Waals surface area contributed by atoms with Crippen molar-refractivity contribution in [3.8, 4) is 5.75 Å². The number of halogens is 1. The molecule has 0 aliphatic rings. The van der Waals surface area contributed by atoms with Crippen LogP contribution in [0.15, 0.2) is 24.3 Å². The van der Waals surface area contributed by atoms with Gasteiger partial charge in [0.2, 0.25) is 5.91 Å². The maximum atomic E-state index is 13.4. The smallest absolute Gasteiger partial charge is 0.244 e. The molecule has 0 bridgehead atoms. The first-order chi connectivity index (χ1) is 9.38. The second kappa shape index (κ2) is 7.05. The van der Waals surface area contributed by atoms with Crippen LogP contribution in [-0.2, 0) is 4.79 Å². The lowest BCUT2D eigenvalue weighted by Gasteiger charge is -2.20. The Hall–Kier alpha value is -1.88. The summed E-state index contributed by atoms with van der Waals surface area (Å²) in [5, 5.41) is 12.3. The molecule has 2 N–H and O–H groups in total. The summed E-state index contributed by atoms with van der Waals surface area (Å²) in [6, 6.07) is 4.42. The van der Waals surface area contributed by atoms with Gasteiger partial charge in [0.1, 0.15) is 0 Å². The third-order valence-electron chi connectivity index (χ3n) is 3.01. The summed E-state index contributed by atoms with van der Waals surface area (Å²) >= 11 is 0. The highest BCUT2D eigenvalue weighted by Crippen LogP contribution is 2.18. The number of hydrogen-bond donors (Lipinski definition) is 2. The Kier molecular flexibility index (Phi) is 5.70. The SMILES string of the molecule is CCC(C)(O)CNC(=O)C=Cc1ccc(OC)c(F)c1. The molecule has 0 saturated heterocycles. The van der Waals surface area contributed by atoms with Crippen molar-refractivity contribution in [1.82, 2.24) is 5.32 Å². The molecule has 20 heavy (non-hydrogen) atoms. The molecule has 0 aliphatic carbocycles. The second-order valence-electron chi connectivity index (χ2n) is 4.80. The number of carbonyl (C=O) groups excluding carboxylic acids is 1. The average molecular weight is 281 g/mol. The van der Waals surface area contributed by atoms with Crippen LogP contribution in [-0.4, -0.2) is 30.3 Å². The standard InChI is InChI=1S/C15H20FNO3/c1-4-15(2,19)10-17-14(18)8-6-11-5-7-13(20-3)12(16)9-11/h5-9,19H,4,10H2,1-3H3,(H,17,18). The van der Waals surface area contributed by atoms with Gasteiger partial charge in [-0.3, -0.25) is 4.79 Å². The predicted molar refractivity (Wildman–Crippen MR) is 75.9 cm³/mol. The van der Waals surface area contributed by atoms with Crippen molar-refractivity contribution in [3.63, 3.8) is 0 Å². The molecule has 0 heterocycles. The summed E-state index contributed by atoms with van der Waals surface area (Å²) in [6.45, 7) is 3.65. The van der Waals surface area contributed by atoms with Crippen LogP contribution in [0.25, 0.3) is 6.08 Å². The minimum Gasteiger partial charge on any atom is -0.494 e. The van der Waals surface area contributed by atoms with Crippen LogP contribution in [0.3, 0.4) is 0 Å². The van der Waals surface area contributed by atoms with Crippen molar-refractivity contribution >= 4 is 12.0 Å². The number of aliphatic hydroxyl groups is 1. The first kappa shape index (κ1) is 16.2. The number of benzene rings is 1. The zero-order valence-electron chi connectivity index (χ0n) is 11.9. The number of methoxy groups -OCH3 is 1. The van der Waals surface area contributed by atoms with Crippen molar-refractivity contribution in [3.05, 3.63) is 35.7 Å². The van der Waals surface area contributed by atoms with E-state index in [9.17, 15) is 14.3 Å². The van der Waals surface area contributed by atoms with Crippen LogP contribution in [0.4, 0.5) is 4.39 Å². The van der Waals surface area contributed by atoms with E-state index < -0.39 is 11.4 Å². The van der Waals surface area contributed by atoms with Crippen LogP contribution in [0.5, 0.6) is 5.75 Å². The summed E-state index contributed by atoms with van der Waals surface area (Å²) in [5.74, 6) is -0.662. The maximum absolute atomic E-state index is 13.4. The molecule has 1 unspecified atom stereocenters. The Labute approximate surface area is 118 Å². The van der Waals surface area contributed by atoms with Crippen molar-refractivity contribution in [2.24, 2.45) is 0 Å². The van der Waals surface area contributed by atoms with E-state index in [1.807, 2.05) is 6.92 Å². The van der Waals surface area contributed by atoms with E-state index in [1.165, 1.54) is 31.4 Å². The highest BCUT2D eigenvalue weighted by Gasteiger charge is 2.17. The van der Waals surface area contributed by atoms with Gasteiger partial charge < -0.3 is 15.2 Å². The largest absolute Gasteiger partial charge is 0.494 e. The molecule has 1 atom stereocenters. The van der Waals surface area contributed by atoms with Gasteiger partial charge in [0, 0.05) is 12.6 Å². The van der Waals surface area contributed by atoms with Gasteiger partial charge in [0.15, 0.2) is 11.6 Å². The van der Waals surface area contributed by atoms with E-state index in [2.05, 4.69) is 5.32 Å². The molecule has 0 aromatic heterocycles. The molecule has 0 fully saturated rings. The number of nitrogens with one attached hydrogen (secondary N) is 1. The van der Waals surface area contributed by atoms with Gasteiger partial charge >= 0.3 is 0 Å². The van der Waals surface area contributed by atoms with Gasteiger partial charge in [-0.2, -0.15) is 0 Å². The van der Waals surface area contributed by atoms with Crippen molar-refractivity contribution in [2.75, 3.05) is 13.7 Å². The number of amides is 1. The van der Waals surface area contributed by atoms with E-state index in [0.717, 1.165) is 0 Å². The van der Waals surface area contributed by atoms with E-state index in [1.54, 1.807) is 13.0 Å². The van der Waals surface area contributed by atoms with Crippen molar-refractivity contribution < 1.29 is 19.0 Å². The Bertz CT molecular complexity index is 498. The lowest BCUT2D eigenvalue weighted by atomic mass is 10.0. The number of rotatable bonds is 6. The third-order valence-corrected chi connectivity index (χ3v) is 3.01. The van der Waals surface area contributed by atoms with Crippen molar-refractivity contribution in [1.29, 1.82) is 0 Å². The normalized spacial score (nSPS) is 14.1. The lowest BCUT2D eigenvalue weighted by molar-refractivity contribution is -0.117. The van der Waals surface area contributed by atoms with Crippen LogP contribution < -0.4 is 10.1 Å².